The van der Waals surface area contributed by atoms with Gasteiger partial charge in [0.25, 0.3) is 5.91 Å². The molecular weight excluding hydrogens is 358 g/mol. The molecule has 1 atom stereocenters. The highest BCUT2D eigenvalue weighted by Crippen LogP contribution is 2.30. The second-order valence-electron chi connectivity index (χ2n) is 7.27. The zero-order valence-corrected chi connectivity index (χ0v) is 16.3. The van der Waals surface area contributed by atoms with Crippen molar-refractivity contribution in [2.45, 2.75) is 38.8 Å². The van der Waals surface area contributed by atoms with Gasteiger partial charge in [-0.15, -0.1) is 11.3 Å². The van der Waals surface area contributed by atoms with Crippen molar-refractivity contribution in [3.8, 4) is 10.4 Å². The molecule has 3 heterocycles. The van der Waals surface area contributed by atoms with Crippen LogP contribution in [0, 0.1) is 0 Å². The SMILES string of the molecule is CC(C)NC(=O)C1(C)CC(c2ccc3ncc(-c4cccs4)cc3c2)=NO1. The lowest BCUT2D eigenvalue weighted by molar-refractivity contribution is -0.142. The number of hydrogen-bond acceptors (Lipinski definition) is 5. The van der Waals surface area contributed by atoms with Crippen LogP contribution in [-0.4, -0.2) is 28.2 Å². The van der Waals surface area contributed by atoms with E-state index in [1.165, 1.54) is 4.88 Å². The number of rotatable bonds is 4. The molecule has 5 nitrogen and oxygen atoms in total. The van der Waals surface area contributed by atoms with Gasteiger partial charge in [0.2, 0.25) is 5.60 Å². The topological polar surface area (TPSA) is 63.6 Å². The van der Waals surface area contributed by atoms with Gasteiger partial charge >= 0.3 is 0 Å². The van der Waals surface area contributed by atoms with E-state index in [4.69, 9.17) is 4.84 Å². The summed E-state index contributed by atoms with van der Waals surface area (Å²) in [5.74, 6) is -0.140. The Bertz CT molecular complexity index is 1030. The van der Waals surface area contributed by atoms with Crippen LogP contribution in [-0.2, 0) is 9.63 Å². The second-order valence-corrected chi connectivity index (χ2v) is 8.22. The van der Waals surface area contributed by atoms with Gasteiger partial charge in [0.05, 0.1) is 11.2 Å². The number of nitrogens with zero attached hydrogens (tertiary/aromatic N) is 2. The standard InChI is InChI=1S/C21H21N3O2S/c1-13(2)23-20(25)21(3)11-18(24-26-21)14-6-7-17-15(9-14)10-16(12-22-17)19-5-4-8-27-19/h4-10,12-13H,11H2,1-3H3,(H,23,25). The lowest BCUT2D eigenvalue weighted by Gasteiger charge is -2.21. The summed E-state index contributed by atoms with van der Waals surface area (Å²) in [5, 5.41) is 10.2. The van der Waals surface area contributed by atoms with Gasteiger partial charge < -0.3 is 10.2 Å². The molecule has 1 N–H and O–H groups in total. The number of hydrogen-bond donors (Lipinski definition) is 1. The first-order valence-corrected chi connectivity index (χ1v) is 9.83. The second kappa shape index (κ2) is 6.78. The van der Waals surface area contributed by atoms with Gasteiger partial charge in [-0.1, -0.05) is 17.3 Å². The number of nitrogens with one attached hydrogen (secondary N) is 1. The monoisotopic (exact) mass is 379 g/mol. The molecule has 6 heteroatoms. The van der Waals surface area contributed by atoms with Crippen molar-refractivity contribution in [3.05, 3.63) is 53.5 Å². The molecule has 1 aromatic carbocycles. The number of carbonyl (C=O) groups excluding carboxylic acids is 1. The predicted molar refractivity (Wildman–Crippen MR) is 109 cm³/mol. The maximum atomic E-state index is 12.4. The third kappa shape index (κ3) is 3.45. The number of amides is 1. The number of benzene rings is 1. The largest absolute Gasteiger partial charge is 0.379 e. The van der Waals surface area contributed by atoms with Crippen molar-refractivity contribution in [1.82, 2.24) is 10.3 Å². The van der Waals surface area contributed by atoms with Crippen LogP contribution >= 0.6 is 11.3 Å². The Morgan fingerprint density at radius 2 is 2.07 bits per heavy atom. The highest BCUT2D eigenvalue weighted by Gasteiger charge is 2.42. The smallest absolute Gasteiger partial charge is 0.267 e. The minimum Gasteiger partial charge on any atom is -0.379 e. The average Bonchev–Trinajstić information content (AvgIpc) is 3.31. The fourth-order valence-corrected chi connectivity index (χ4v) is 3.83. The highest BCUT2D eigenvalue weighted by atomic mass is 32.1. The molecule has 0 saturated heterocycles. The van der Waals surface area contributed by atoms with E-state index in [-0.39, 0.29) is 11.9 Å². The first-order valence-electron chi connectivity index (χ1n) is 8.95. The Hall–Kier alpha value is -2.73. The van der Waals surface area contributed by atoms with E-state index < -0.39 is 5.60 Å². The highest BCUT2D eigenvalue weighted by molar-refractivity contribution is 7.13. The summed E-state index contributed by atoms with van der Waals surface area (Å²) < 4.78 is 0. The number of fused-ring (bicyclic) bond motifs is 1. The number of thiophene rings is 1. The molecule has 0 saturated carbocycles. The van der Waals surface area contributed by atoms with E-state index in [9.17, 15) is 4.79 Å². The summed E-state index contributed by atoms with van der Waals surface area (Å²) in [6.45, 7) is 5.64. The number of carbonyl (C=O) groups is 1. The molecule has 3 aromatic rings. The Morgan fingerprint density at radius 3 is 2.81 bits per heavy atom. The zero-order valence-electron chi connectivity index (χ0n) is 15.5. The van der Waals surface area contributed by atoms with E-state index in [0.717, 1.165) is 27.7 Å². The van der Waals surface area contributed by atoms with E-state index in [0.29, 0.717) is 6.42 Å². The minimum absolute atomic E-state index is 0.0596. The van der Waals surface area contributed by atoms with Crippen LogP contribution in [0.4, 0.5) is 0 Å². The molecule has 0 fully saturated rings. The molecule has 0 bridgehead atoms. The van der Waals surface area contributed by atoms with E-state index >= 15 is 0 Å². The quantitative estimate of drug-likeness (QED) is 0.732. The maximum Gasteiger partial charge on any atom is 0.267 e. The molecule has 27 heavy (non-hydrogen) atoms. The summed E-state index contributed by atoms with van der Waals surface area (Å²) in [4.78, 5) is 23.7. The van der Waals surface area contributed by atoms with Gasteiger partial charge in [-0.25, -0.2) is 0 Å². The van der Waals surface area contributed by atoms with Crippen LogP contribution in [0.1, 0.15) is 32.8 Å². The summed E-state index contributed by atoms with van der Waals surface area (Å²) in [6, 6.07) is 12.3. The first-order chi connectivity index (χ1) is 12.9. The van der Waals surface area contributed by atoms with Crippen LogP contribution < -0.4 is 5.32 Å². The Kier molecular flexibility index (Phi) is 4.44. The lowest BCUT2D eigenvalue weighted by Crippen LogP contribution is -2.47. The van der Waals surface area contributed by atoms with Crippen LogP contribution in [0.15, 0.2) is 53.1 Å². The van der Waals surface area contributed by atoms with Crippen molar-refractivity contribution >= 4 is 33.9 Å². The van der Waals surface area contributed by atoms with Crippen LogP contribution in [0.3, 0.4) is 0 Å². The molecule has 4 rings (SSSR count). The van der Waals surface area contributed by atoms with Crippen molar-refractivity contribution in [2.24, 2.45) is 5.16 Å². The molecule has 0 aliphatic carbocycles. The van der Waals surface area contributed by atoms with Crippen LogP contribution in [0.2, 0.25) is 0 Å². The third-order valence-corrected chi connectivity index (χ3v) is 5.50. The van der Waals surface area contributed by atoms with E-state index in [1.807, 2.05) is 38.2 Å². The average molecular weight is 379 g/mol. The summed E-state index contributed by atoms with van der Waals surface area (Å²) >= 11 is 1.69. The summed E-state index contributed by atoms with van der Waals surface area (Å²) in [5.41, 5.74) is 2.79. The van der Waals surface area contributed by atoms with Crippen molar-refractivity contribution in [1.29, 1.82) is 0 Å². The van der Waals surface area contributed by atoms with Gasteiger partial charge in [0.1, 0.15) is 0 Å². The van der Waals surface area contributed by atoms with Gasteiger partial charge in [-0.05, 0) is 50.4 Å². The molecule has 0 radical (unpaired) electrons. The molecule has 1 amide bonds. The maximum absolute atomic E-state index is 12.4. The normalized spacial score (nSPS) is 19.2. The van der Waals surface area contributed by atoms with Crippen molar-refractivity contribution in [2.75, 3.05) is 0 Å². The lowest BCUT2D eigenvalue weighted by atomic mass is 9.94. The van der Waals surface area contributed by atoms with E-state index in [1.54, 1.807) is 18.3 Å². The van der Waals surface area contributed by atoms with Gasteiger partial charge in [0, 0.05) is 40.0 Å². The Morgan fingerprint density at radius 1 is 1.26 bits per heavy atom. The molecular formula is C21H21N3O2S. The minimum atomic E-state index is -0.967. The number of pyridine rings is 1. The van der Waals surface area contributed by atoms with Gasteiger partial charge in [-0.3, -0.25) is 9.78 Å². The van der Waals surface area contributed by atoms with Gasteiger partial charge in [0.15, 0.2) is 0 Å². The molecule has 0 spiro atoms. The fraction of sp³-hybridized carbons (Fsp3) is 0.286. The summed E-state index contributed by atoms with van der Waals surface area (Å²) in [7, 11) is 0. The van der Waals surface area contributed by atoms with E-state index in [2.05, 4.69) is 39.0 Å². The molecule has 138 valence electrons. The molecule has 1 aliphatic rings. The van der Waals surface area contributed by atoms with Crippen LogP contribution in [0.5, 0.6) is 0 Å². The van der Waals surface area contributed by atoms with Crippen LogP contribution in [0.25, 0.3) is 21.3 Å². The zero-order chi connectivity index (χ0) is 19.0. The first kappa shape index (κ1) is 17.7. The fourth-order valence-electron chi connectivity index (χ4n) is 3.12. The number of aromatic nitrogens is 1. The molecule has 2 aromatic heterocycles. The molecule has 1 unspecified atom stereocenters. The van der Waals surface area contributed by atoms with Crippen molar-refractivity contribution in [3.63, 3.8) is 0 Å². The summed E-state index contributed by atoms with van der Waals surface area (Å²) in [6.07, 6.45) is 2.34. The predicted octanol–water partition coefficient (Wildman–Crippen LogP) is 4.37. The van der Waals surface area contributed by atoms with Gasteiger partial charge in [-0.2, -0.15) is 0 Å². The Balaban J connectivity index is 1.62. The third-order valence-electron chi connectivity index (χ3n) is 4.58. The van der Waals surface area contributed by atoms with Crippen molar-refractivity contribution < 1.29 is 9.63 Å². The molecule has 1 aliphatic heterocycles. The Labute approximate surface area is 162 Å². The number of oxime groups is 1.